The van der Waals surface area contributed by atoms with Crippen LogP contribution in [0, 0.1) is 0 Å². The highest BCUT2D eigenvalue weighted by Gasteiger charge is 2.13. The van der Waals surface area contributed by atoms with Crippen LogP contribution >= 0.6 is 11.3 Å². The number of carbonyl (C=O) groups is 1. The maximum atomic E-state index is 11.9. The number of nitrogens with one attached hydrogen (secondary N) is 3. The average Bonchev–Trinajstić information content (AvgIpc) is 3.07. The van der Waals surface area contributed by atoms with Gasteiger partial charge in [0.25, 0.3) is 0 Å². The number of nitrogens with zero attached hydrogens (tertiary/aromatic N) is 3. The number of fused-ring (bicyclic) bond motifs is 1. The molecule has 0 aliphatic heterocycles. The molecule has 0 bridgehead atoms. The molecule has 0 radical (unpaired) electrons. The molecule has 0 saturated heterocycles. The Kier molecular flexibility index (Phi) is 3.30. The van der Waals surface area contributed by atoms with Crippen molar-refractivity contribution < 1.29 is 4.79 Å². The van der Waals surface area contributed by atoms with Gasteiger partial charge in [-0.2, -0.15) is 5.10 Å². The Balaban J connectivity index is 1.66. The number of thiazole rings is 1. The predicted octanol–water partition coefficient (Wildman–Crippen LogP) is 2.30. The van der Waals surface area contributed by atoms with Crippen LogP contribution in [0.5, 0.6) is 0 Å². The van der Waals surface area contributed by atoms with E-state index in [2.05, 4.69) is 30.8 Å². The molecule has 2 heterocycles. The highest BCUT2D eigenvalue weighted by molar-refractivity contribution is 7.22. The number of hydrogen-bond donors (Lipinski definition) is 3. The van der Waals surface area contributed by atoms with Crippen molar-refractivity contribution in [1.29, 1.82) is 0 Å². The van der Waals surface area contributed by atoms with Crippen molar-refractivity contribution in [3.05, 3.63) is 36.4 Å². The largest absolute Gasteiger partial charge is 0.328 e. The Labute approximate surface area is 118 Å². The molecular weight excluding hydrogens is 276 g/mol. The number of benzene rings is 1. The summed E-state index contributed by atoms with van der Waals surface area (Å²) < 4.78 is 1.03. The topological polar surface area (TPSA) is 95.6 Å². The maximum Gasteiger partial charge on any atom is 0.321 e. The highest BCUT2D eigenvalue weighted by Crippen LogP contribution is 2.25. The summed E-state index contributed by atoms with van der Waals surface area (Å²) in [5.74, 6) is 0.601. The number of H-pyrrole nitrogens is 1. The molecule has 8 heteroatoms. The van der Waals surface area contributed by atoms with Gasteiger partial charge in [-0.3, -0.25) is 10.4 Å². The zero-order chi connectivity index (χ0) is 13.9. The standard InChI is InChI=1S/C12H12N6OS/c1-7(10-13-6-14-18-10)15-11(19)17-12-16-8-4-2-3-5-9(8)20-12/h2-7H,1H3,(H,13,14,18)(H2,15,16,17,19)/t7-/m1/s1. The molecule has 20 heavy (non-hydrogen) atoms. The molecule has 1 atom stereocenters. The van der Waals surface area contributed by atoms with Gasteiger partial charge in [0.05, 0.1) is 16.3 Å². The van der Waals surface area contributed by atoms with Gasteiger partial charge < -0.3 is 5.32 Å². The quantitative estimate of drug-likeness (QED) is 0.689. The second kappa shape index (κ2) is 5.25. The van der Waals surface area contributed by atoms with Gasteiger partial charge in [0.15, 0.2) is 5.13 Å². The minimum Gasteiger partial charge on any atom is -0.328 e. The van der Waals surface area contributed by atoms with Crippen molar-refractivity contribution >= 4 is 32.7 Å². The zero-order valence-electron chi connectivity index (χ0n) is 10.6. The van der Waals surface area contributed by atoms with Gasteiger partial charge in [0.2, 0.25) is 0 Å². The van der Waals surface area contributed by atoms with E-state index in [1.165, 1.54) is 17.7 Å². The summed E-state index contributed by atoms with van der Waals surface area (Å²) >= 11 is 1.43. The van der Waals surface area contributed by atoms with E-state index in [1.54, 1.807) is 0 Å². The van der Waals surface area contributed by atoms with Gasteiger partial charge in [0.1, 0.15) is 12.2 Å². The summed E-state index contributed by atoms with van der Waals surface area (Å²) in [4.78, 5) is 20.2. The first kappa shape index (κ1) is 12.5. The summed E-state index contributed by atoms with van der Waals surface area (Å²) in [6, 6.07) is 7.15. The number of urea groups is 1. The van der Waals surface area contributed by atoms with E-state index in [0.29, 0.717) is 11.0 Å². The average molecular weight is 288 g/mol. The van der Waals surface area contributed by atoms with Crippen LogP contribution in [0.3, 0.4) is 0 Å². The molecule has 0 fully saturated rings. The molecule has 0 saturated carbocycles. The molecule has 3 rings (SSSR count). The van der Waals surface area contributed by atoms with Crippen molar-refractivity contribution in [2.24, 2.45) is 0 Å². The summed E-state index contributed by atoms with van der Waals surface area (Å²) in [7, 11) is 0. The third-order valence-electron chi connectivity index (χ3n) is 2.71. The summed E-state index contributed by atoms with van der Waals surface area (Å²) in [5, 5.41) is 12.5. The molecule has 0 spiro atoms. The lowest BCUT2D eigenvalue weighted by Crippen LogP contribution is -2.31. The molecule has 3 aromatic rings. The monoisotopic (exact) mass is 288 g/mol. The second-order valence-electron chi connectivity index (χ2n) is 4.18. The van der Waals surface area contributed by atoms with Crippen molar-refractivity contribution in [3.8, 4) is 0 Å². The summed E-state index contributed by atoms with van der Waals surface area (Å²) in [5.41, 5.74) is 0.871. The Bertz CT molecular complexity index is 689. The van der Waals surface area contributed by atoms with Crippen molar-refractivity contribution in [2.45, 2.75) is 13.0 Å². The molecular formula is C12H12N6OS. The van der Waals surface area contributed by atoms with Crippen LogP contribution in [0.4, 0.5) is 9.93 Å². The van der Waals surface area contributed by atoms with Crippen LogP contribution < -0.4 is 10.6 Å². The lowest BCUT2D eigenvalue weighted by Gasteiger charge is -2.10. The van der Waals surface area contributed by atoms with E-state index in [0.717, 1.165) is 10.2 Å². The molecule has 2 aromatic heterocycles. The lowest BCUT2D eigenvalue weighted by molar-refractivity contribution is 0.249. The molecule has 3 N–H and O–H groups in total. The SMILES string of the molecule is C[C@@H](NC(=O)Nc1nc2ccccc2s1)c1ncn[nH]1. The molecule has 0 unspecified atom stereocenters. The third kappa shape index (κ3) is 2.59. The Morgan fingerprint density at radius 1 is 1.40 bits per heavy atom. The third-order valence-corrected chi connectivity index (χ3v) is 3.66. The lowest BCUT2D eigenvalue weighted by atomic mass is 10.3. The fourth-order valence-electron chi connectivity index (χ4n) is 1.75. The van der Waals surface area contributed by atoms with Crippen LogP contribution in [0.2, 0.25) is 0 Å². The zero-order valence-corrected chi connectivity index (χ0v) is 11.4. The molecule has 7 nitrogen and oxygen atoms in total. The van der Waals surface area contributed by atoms with E-state index in [4.69, 9.17) is 0 Å². The molecule has 1 aromatic carbocycles. The maximum absolute atomic E-state index is 11.9. The first-order valence-corrected chi connectivity index (χ1v) is 6.82. The van der Waals surface area contributed by atoms with E-state index in [-0.39, 0.29) is 12.1 Å². The minimum absolute atomic E-state index is 0.258. The number of aromatic amines is 1. The van der Waals surface area contributed by atoms with Gasteiger partial charge in [-0.1, -0.05) is 23.5 Å². The van der Waals surface area contributed by atoms with Crippen LogP contribution in [0.1, 0.15) is 18.8 Å². The van der Waals surface area contributed by atoms with Crippen LogP contribution in [-0.4, -0.2) is 26.2 Å². The number of carbonyl (C=O) groups excluding carboxylic acids is 1. The molecule has 2 amide bonds. The molecule has 102 valence electrons. The van der Waals surface area contributed by atoms with E-state index < -0.39 is 0 Å². The van der Waals surface area contributed by atoms with Crippen molar-refractivity contribution in [1.82, 2.24) is 25.5 Å². The molecule has 0 aliphatic rings. The highest BCUT2D eigenvalue weighted by atomic mass is 32.1. The van der Waals surface area contributed by atoms with E-state index in [1.807, 2.05) is 31.2 Å². The predicted molar refractivity (Wildman–Crippen MR) is 76.6 cm³/mol. The van der Waals surface area contributed by atoms with Gasteiger partial charge in [-0.05, 0) is 19.1 Å². The van der Waals surface area contributed by atoms with E-state index in [9.17, 15) is 4.79 Å². The number of aromatic nitrogens is 4. The number of amides is 2. The smallest absolute Gasteiger partial charge is 0.321 e. The van der Waals surface area contributed by atoms with Gasteiger partial charge >= 0.3 is 6.03 Å². The van der Waals surface area contributed by atoms with E-state index >= 15 is 0 Å². The number of anilines is 1. The molecule has 0 aliphatic carbocycles. The Morgan fingerprint density at radius 2 is 2.25 bits per heavy atom. The first-order chi connectivity index (χ1) is 9.72. The van der Waals surface area contributed by atoms with Crippen LogP contribution in [0.25, 0.3) is 10.2 Å². The van der Waals surface area contributed by atoms with Crippen LogP contribution in [-0.2, 0) is 0 Å². The Morgan fingerprint density at radius 3 is 3.00 bits per heavy atom. The minimum atomic E-state index is -0.326. The second-order valence-corrected chi connectivity index (χ2v) is 5.21. The van der Waals surface area contributed by atoms with Crippen molar-refractivity contribution in [2.75, 3.05) is 5.32 Å². The van der Waals surface area contributed by atoms with Gasteiger partial charge in [-0.15, -0.1) is 0 Å². The summed E-state index contributed by atoms with van der Waals surface area (Å²) in [6.07, 6.45) is 1.40. The first-order valence-electron chi connectivity index (χ1n) is 6.01. The van der Waals surface area contributed by atoms with Crippen LogP contribution in [0.15, 0.2) is 30.6 Å². The fraction of sp³-hybridized carbons (Fsp3) is 0.167. The summed E-state index contributed by atoms with van der Waals surface area (Å²) in [6.45, 7) is 1.82. The fourth-order valence-corrected chi connectivity index (χ4v) is 2.61. The Hall–Kier alpha value is -2.48. The van der Waals surface area contributed by atoms with Crippen molar-refractivity contribution in [3.63, 3.8) is 0 Å². The number of para-hydroxylation sites is 1. The normalized spacial score (nSPS) is 12.2. The number of hydrogen-bond acceptors (Lipinski definition) is 5. The van der Waals surface area contributed by atoms with Gasteiger partial charge in [-0.25, -0.2) is 14.8 Å². The van der Waals surface area contributed by atoms with Gasteiger partial charge in [0, 0.05) is 0 Å². The number of rotatable bonds is 3.